The van der Waals surface area contributed by atoms with E-state index in [0.717, 1.165) is 0 Å². The lowest BCUT2D eigenvalue weighted by molar-refractivity contribution is 0.101. The number of hydrogen-bond donors (Lipinski definition) is 1. The topological polar surface area (TPSA) is 66.0 Å². The number of methoxy groups -OCH3 is 2. The summed E-state index contributed by atoms with van der Waals surface area (Å²) >= 11 is 0. The zero-order valence-electron chi connectivity index (χ0n) is 12.9. The van der Waals surface area contributed by atoms with E-state index in [1.165, 1.54) is 7.11 Å². The number of fused-ring (bicyclic) bond motifs is 1. The summed E-state index contributed by atoms with van der Waals surface area (Å²) in [6.45, 7) is 0.896. The van der Waals surface area contributed by atoms with Gasteiger partial charge in [0.2, 0.25) is 0 Å². The minimum Gasteiger partial charge on any atom is -0.497 e. The van der Waals surface area contributed by atoms with E-state index in [-0.39, 0.29) is 5.91 Å². The number of para-hydroxylation sites is 1. The Morgan fingerprint density at radius 2 is 1.91 bits per heavy atom. The van der Waals surface area contributed by atoms with Crippen molar-refractivity contribution in [2.75, 3.05) is 32.8 Å². The monoisotopic (exact) mass is 315 g/mol. The van der Waals surface area contributed by atoms with Crippen LogP contribution in [0, 0.1) is 0 Å². The zero-order chi connectivity index (χ0) is 16.2. The minimum absolute atomic E-state index is 0.296. The third-order valence-corrected chi connectivity index (χ3v) is 3.47. The van der Waals surface area contributed by atoms with Gasteiger partial charge in [0.25, 0.3) is 5.91 Å². The number of carbonyl (C=O) groups excluding carboxylic acids is 1. The highest BCUT2D eigenvalue weighted by Crippen LogP contribution is 2.35. The molecular weight excluding hydrogens is 298 g/mol. The summed E-state index contributed by atoms with van der Waals surface area (Å²) in [5.74, 6) is 1.90. The summed E-state index contributed by atoms with van der Waals surface area (Å²) in [7, 11) is 3.10. The highest BCUT2D eigenvalue weighted by Gasteiger charge is 2.21. The molecule has 0 atom stereocenters. The third kappa shape index (κ3) is 3.01. The van der Waals surface area contributed by atoms with Gasteiger partial charge in [-0.25, -0.2) is 0 Å². The average molecular weight is 315 g/mol. The van der Waals surface area contributed by atoms with Crippen LogP contribution in [0.4, 0.5) is 5.69 Å². The predicted molar refractivity (Wildman–Crippen MR) is 84.9 cm³/mol. The summed E-state index contributed by atoms with van der Waals surface area (Å²) in [5, 5.41) is 2.82. The minimum atomic E-state index is -0.296. The van der Waals surface area contributed by atoms with E-state index < -0.39 is 0 Å². The van der Waals surface area contributed by atoms with Crippen molar-refractivity contribution in [3.63, 3.8) is 0 Å². The number of benzene rings is 2. The Balaban J connectivity index is 1.88. The lowest BCUT2D eigenvalue weighted by Crippen LogP contribution is -2.20. The van der Waals surface area contributed by atoms with Crippen molar-refractivity contribution in [2.45, 2.75) is 0 Å². The van der Waals surface area contributed by atoms with Crippen LogP contribution in [0.2, 0.25) is 0 Å². The second kappa shape index (κ2) is 6.48. The normalized spacial score (nSPS) is 12.4. The zero-order valence-corrected chi connectivity index (χ0v) is 12.9. The van der Waals surface area contributed by atoms with Crippen molar-refractivity contribution in [1.29, 1.82) is 0 Å². The summed E-state index contributed by atoms with van der Waals surface area (Å²) in [6, 6.07) is 10.4. The van der Waals surface area contributed by atoms with Crippen molar-refractivity contribution >= 4 is 11.6 Å². The smallest absolute Gasteiger partial charge is 0.259 e. The van der Waals surface area contributed by atoms with Gasteiger partial charge in [-0.2, -0.15) is 0 Å². The number of amides is 1. The van der Waals surface area contributed by atoms with E-state index in [9.17, 15) is 4.79 Å². The molecule has 0 bridgehead atoms. The summed E-state index contributed by atoms with van der Waals surface area (Å²) in [5.41, 5.74) is 0.965. The van der Waals surface area contributed by atoms with Crippen LogP contribution in [0.25, 0.3) is 0 Å². The number of anilines is 1. The second-order valence-electron chi connectivity index (χ2n) is 4.85. The van der Waals surface area contributed by atoms with Gasteiger partial charge in [0, 0.05) is 6.07 Å². The molecule has 0 radical (unpaired) electrons. The van der Waals surface area contributed by atoms with Crippen LogP contribution >= 0.6 is 0 Å². The molecule has 1 aliphatic rings. The number of carbonyl (C=O) groups is 1. The highest BCUT2D eigenvalue weighted by atomic mass is 16.6. The number of nitrogens with one attached hydrogen (secondary N) is 1. The lowest BCUT2D eigenvalue weighted by Gasteiger charge is -2.20. The van der Waals surface area contributed by atoms with Crippen molar-refractivity contribution < 1.29 is 23.7 Å². The van der Waals surface area contributed by atoms with Crippen LogP contribution in [0.15, 0.2) is 36.4 Å². The van der Waals surface area contributed by atoms with Crippen molar-refractivity contribution in [3.05, 3.63) is 42.0 Å². The third-order valence-electron chi connectivity index (χ3n) is 3.47. The maximum Gasteiger partial charge on any atom is 0.259 e. The summed E-state index contributed by atoms with van der Waals surface area (Å²) < 4.78 is 21.5. The Hall–Kier alpha value is -2.89. The average Bonchev–Trinajstić information content (AvgIpc) is 2.61. The van der Waals surface area contributed by atoms with Crippen LogP contribution in [-0.2, 0) is 0 Å². The molecular formula is C17H17NO5. The van der Waals surface area contributed by atoms with E-state index in [4.69, 9.17) is 18.9 Å². The number of hydrogen-bond acceptors (Lipinski definition) is 5. The first-order chi connectivity index (χ1) is 11.2. The van der Waals surface area contributed by atoms with Gasteiger partial charge in [-0.3, -0.25) is 4.79 Å². The van der Waals surface area contributed by atoms with Crippen LogP contribution in [-0.4, -0.2) is 33.3 Å². The summed E-state index contributed by atoms with van der Waals surface area (Å²) in [6.07, 6.45) is 0. The fourth-order valence-corrected chi connectivity index (χ4v) is 2.34. The SMILES string of the molecule is COc1ccc(NC(=O)c2cccc3c2OCCO3)c(OC)c1. The van der Waals surface area contributed by atoms with E-state index in [1.807, 2.05) is 0 Å². The van der Waals surface area contributed by atoms with Crippen LogP contribution in [0.3, 0.4) is 0 Å². The first-order valence-electron chi connectivity index (χ1n) is 7.15. The first-order valence-corrected chi connectivity index (χ1v) is 7.15. The summed E-state index contributed by atoms with van der Waals surface area (Å²) in [4.78, 5) is 12.6. The standard InChI is InChI=1S/C17H17NO5/c1-20-11-6-7-13(15(10-11)21-2)18-17(19)12-4-3-5-14-16(12)23-9-8-22-14/h3-7,10H,8-9H2,1-2H3,(H,18,19). The molecule has 0 aliphatic carbocycles. The molecule has 0 fully saturated rings. The first kappa shape index (κ1) is 15.0. The molecule has 6 heteroatoms. The second-order valence-corrected chi connectivity index (χ2v) is 4.85. The van der Waals surface area contributed by atoms with Crippen LogP contribution in [0.5, 0.6) is 23.0 Å². The molecule has 6 nitrogen and oxygen atoms in total. The Labute approximate surface area is 133 Å². The van der Waals surface area contributed by atoms with Gasteiger partial charge in [-0.15, -0.1) is 0 Å². The maximum absolute atomic E-state index is 12.6. The molecule has 23 heavy (non-hydrogen) atoms. The molecule has 0 unspecified atom stereocenters. The Bertz CT molecular complexity index is 729. The van der Waals surface area contributed by atoms with Crippen molar-refractivity contribution in [1.82, 2.24) is 0 Å². The van der Waals surface area contributed by atoms with E-state index in [1.54, 1.807) is 43.5 Å². The van der Waals surface area contributed by atoms with Gasteiger partial charge in [0.05, 0.1) is 25.5 Å². The lowest BCUT2D eigenvalue weighted by atomic mass is 10.1. The van der Waals surface area contributed by atoms with E-state index >= 15 is 0 Å². The van der Waals surface area contributed by atoms with Gasteiger partial charge in [-0.1, -0.05) is 6.07 Å². The van der Waals surface area contributed by atoms with Crippen LogP contribution < -0.4 is 24.3 Å². The molecule has 1 amide bonds. The number of ether oxygens (including phenoxy) is 4. The van der Waals surface area contributed by atoms with E-state index in [0.29, 0.717) is 47.5 Å². The molecule has 3 rings (SSSR count). The van der Waals surface area contributed by atoms with Crippen molar-refractivity contribution in [2.24, 2.45) is 0 Å². The van der Waals surface area contributed by atoms with Crippen LogP contribution in [0.1, 0.15) is 10.4 Å². The van der Waals surface area contributed by atoms with Gasteiger partial charge in [0.1, 0.15) is 24.7 Å². The maximum atomic E-state index is 12.6. The fourth-order valence-electron chi connectivity index (χ4n) is 2.34. The number of rotatable bonds is 4. The largest absolute Gasteiger partial charge is 0.497 e. The molecule has 0 saturated heterocycles. The molecule has 2 aromatic carbocycles. The van der Waals surface area contributed by atoms with Gasteiger partial charge in [-0.05, 0) is 24.3 Å². The Morgan fingerprint density at radius 1 is 1.09 bits per heavy atom. The molecule has 120 valence electrons. The van der Waals surface area contributed by atoms with Gasteiger partial charge in [0.15, 0.2) is 11.5 Å². The molecule has 2 aromatic rings. The highest BCUT2D eigenvalue weighted by molar-refractivity contribution is 6.07. The Morgan fingerprint density at radius 3 is 2.70 bits per heavy atom. The van der Waals surface area contributed by atoms with E-state index in [2.05, 4.69) is 5.32 Å². The molecule has 1 aliphatic heterocycles. The molecule has 1 N–H and O–H groups in total. The molecule has 0 aromatic heterocycles. The fraction of sp³-hybridized carbons (Fsp3) is 0.235. The quantitative estimate of drug-likeness (QED) is 0.940. The molecule has 1 heterocycles. The predicted octanol–water partition coefficient (Wildman–Crippen LogP) is 2.73. The molecule has 0 saturated carbocycles. The Kier molecular flexibility index (Phi) is 4.23. The van der Waals surface area contributed by atoms with Gasteiger partial charge < -0.3 is 24.3 Å². The molecule has 0 spiro atoms. The van der Waals surface area contributed by atoms with Gasteiger partial charge >= 0.3 is 0 Å². The van der Waals surface area contributed by atoms with Crippen molar-refractivity contribution in [3.8, 4) is 23.0 Å².